The molecule has 0 aliphatic carbocycles. The highest BCUT2D eigenvalue weighted by atomic mass is 16.5. The second-order valence-corrected chi connectivity index (χ2v) is 5.36. The molecule has 0 fully saturated rings. The molecule has 122 valence electrons. The van der Waals surface area contributed by atoms with Crippen molar-refractivity contribution in [3.8, 4) is 5.75 Å². The predicted octanol–water partition coefficient (Wildman–Crippen LogP) is 4.29. The molecule has 1 heterocycles. The first-order valence-electron chi connectivity index (χ1n) is 8.19. The average molecular weight is 310 g/mol. The molecular formula is C20H26N2O. The highest BCUT2D eigenvalue weighted by molar-refractivity contribution is 5.65. The molecule has 0 spiro atoms. The number of aromatic amines is 1. The smallest absolute Gasteiger partial charge is 0.119 e. The summed E-state index contributed by atoms with van der Waals surface area (Å²) >= 11 is 0. The Morgan fingerprint density at radius 1 is 1.22 bits per heavy atom. The summed E-state index contributed by atoms with van der Waals surface area (Å²) in [7, 11) is 0. The molecule has 2 N–H and O–H groups in total. The first kappa shape index (κ1) is 17.1. The number of H-pyrrole nitrogens is 1. The number of benzene rings is 1. The summed E-state index contributed by atoms with van der Waals surface area (Å²) in [6.45, 7) is 8.43. The van der Waals surface area contributed by atoms with Gasteiger partial charge in [-0.05, 0) is 50.1 Å². The second-order valence-electron chi connectivity index (χ2n) is 5.36. The summed E-state index contributed by atoms with van der Waals surface area (Å²) in [6, 6.07) is 9.92. The van der Waals surface area contributed by atoms with Crippen LogP contribution in [-0.4, -0.2) is 24.7 Å². The fourth-order valence-electron chi connectivity index (χ4n) is 2.52. The van der Waals surface area contributed by atoms with Gasteiger partial charge in [0.15, 0.2) is 0 Å². The van der Waals surface area contributed by atoms with E-state index in [1.54, 1.807) is 0 Å². The average Bonchev–Trinajstić information content (AvgIpc) is 2.97. The van der Waals surface area contributed by atoms with E-state index in [1.165, 1.54) is 11.1 Å². The molecule has 0 aliphatic heterocycles. The van der Waals surface area contributed by atoms with E-state index in [9.17, 15) is 0 Å². The Hall–Kier alpha value is -2.26. The highest BCUT2D eigenvalue weighted by Crippen LogP contribution is 2.18. The van der Waals surface area contributed by atoms with Gasteiger partial charge in [-0.2, -0.15) is 0 Å². The molecule has 0 unspecified atom stereocenters. The summed E-state index contributed by atoms with van der Waals surface area (Å²) in [5.74, 6) is 0.926. The van der Waals surface area contributed by atoms with Gasteiger partial charge in [0.1, 0.15) is 12.4 Å². The zero-order valence-corrected chi connectivity index (χ0v) is 13.8. The van der Waals surface area contributed by atoms with E-state index in [0.717, 1.165) is 37.4 Å². The first-order valence-corrected chi connectivity index (χ1v) is 8.19. The number of hydrogen-bond acceptors (Lipinski definition) is 2. The molecule has 23 heavy (non-hydrogen) atoms. The second kappa shape index (κ2) is 9.70. The normalized spacial score (nSPS) is 11.0. The van der Waals surface area contributed by atoms with Gasteiger partial charge in [-0.3, -0.25) is 0 Å². The Kier molecular flexibility index (Phi) is 7.21. The quantitative estimate of drug-likeness (QED) is 0.642. The maximum Gasteiger partial charge on any atom is 0.119 e. The Bertz CT molecular complexity index is 614. The van der Waals surface area contributed by atoms with Crippen LogP contribution in [0.1, 0.15) is 30.2 Å². The van der Waals surface area contributed by atoms with E-state index >= 15 is 0 Å². The zero-order valence-electron chi connectivity index (χ0n) is 13.8. The van der Waals surface area contributed by atoms with Gasteiger partial charge in [0.2, 0.25) is 0 Å². The lowest BCUT2D eigenvalue weighted by molar-refractivity contribution is 0.314. The monoisotopic (exact) mass is 310 g/mol. The maximum absolute atomic E-state index is 5.65. The van der Waals surface area contributed by atoms with E-state index in [0.29, 0.717) is 6.61 Å². The molecule has 2 rings (SSSR count). The lowest BCUT2D eigenvalue weighted by Gasteiger charge is -2.07. The van der Waals surface area contributed by atoms with Crippen LogP contribution in [0, 0.1) is 0 Å². The van der Waals surface area contributed by atoms with Crippen molar-refractivity contribution in [1.82, 2.24) is 10.3 Å². The van der Waals surface area contributed by atoms with Crippen molar-refractivity contribution in [2.75, 3.05) is 19.7 Å². The van der Waals surface area contributed by atoms with Gasteiger partial charge in [-0.15, -0.1) is 0 Å². The molecule has 1 aromatic heterocycles. The minimum absolute atomic E-state index is 0.693. The lowest BCUT2D eigenvalue weighted by atomic mass is 10.1. The van der Waals surface area contributed by atoms with Crippen LogP contribution < -0.4 is 10.1 Å². The van der Waals surface area contributed by atoms with Gasteiger partial charge >= 0.3 is 0 Å². The summed E-state index contributed by atoms with van der Waals surface area (Å²) in [6.07, 6.45) is 10.3. The van der Waals surface area contributed by atoms with Crippen LogP contribution in [0.15, 0.2) is 49.2 Å². The molecule has 0 amide bonds. The van der Waals surface area contributed by atoms with Crippen LogP contribution in [0.2, 0.25) is 0 Å². The SMILES string of the molecule is C=Cc1[nH]cc(CCCNCCOc2ccccc2)c1/C=C\C. The molecule has 0 atom stereocenters. The molecule has 3 nitrogen and oxygen atoms in total. The predicted molar refractivity (Wildman–Crippen MR) is 98.7 cm³/mol. The van der Waals surface area contributed by atoms with Crippen LogP contribution in [0.4, 0.5) is 0 Å². The number of ether oxygens (including phenoxy) is 1. The van der Waals surface area contributed by atoms with Crippen LogP contribution in [0.5, 0.6) is 5.75 Å². The first-order chi connectivity index (χ1) is 11.3. The standard InChI is InChI=1S/C20H26N2O/c1-3-9-19-17(16-22-20(19)4-2)10-8-13-21-14-15-23-18-11-6-5-7-12-18/h3-7,9,11-12,16,21-22H,2,8,10,13-15H2,1H3/b9-3-. The number of allylic oxidation sites excluding steroid dienone is 1. The topological polar surface area (TPSA) is 37.0 Å². The highest BCUT2D eigenvalue weighted by Gasteiger charge is 2.05. The molecule has 1 aromatic carbocycles. The van der Waals surface area contributed by atoms with E-state index in [4.69, 9.17) is 4.74 Å². The van der Waals surface area contributed by atoms with Crippen LogP contribution in [0.25, 0.3) is 12.2 Å². The van der Waals surface area contributed by atoms with Gasteiger partial charge in [0.05, 0.1) is 0 Å². The van der Waals surface area contributed by atoms with E-state index in [2.05, 4.69) is 35.2 Å². The molecule has 0 saturated heterocycles. The molecule has 0 saturated carbocycles. The summed E-state index contributed by atoms with van der Waals surface area (Å²) in [4.78, 5) is 3.28. The molecule has 3 heteroatoms. The van der Waals surface area contributed by atoms with Gasteiger partial charge in [-0.1, -0.05) is 36.9 Å². The van der Waals surface area contributed by atoms with E-state index < -0.39 is 0 Å². The van der Waals surface area contributed by atoms with Crippen LogP contribution in [-0.2, 0) is 6.42 Å². The summed E-state index contributed by atoms with van der Waals surface area (Å²) in [5, 5.41) is 3.42. The third-order valence-electron chi connectivity index (χ3n) is 3.67. The summed E-state index contributed by atoms with van der Waals surface area (Å²) in [5.41, 5.74) is 3.71. The Balaban J connectivity index is 1.64. The Morgan fingerprint density at radius 3 is 2.78 bits per heavy atom. The van der Waals surface area contributed by atoms with Crippen molar-refractivity contribution >= 4 is 12.2 Å². The molecular weight excluding hydrogens is 284 g/mol. The number of hydrogen-bond donors (Lipinski definition) is 2. The third-order valence-corrected chi connectivity index (χ3v) is 3.67. The maximum atomic E-state index is 5.65. The lowest BCUT2D eigenvalue weighted by Crippen LogP contribution is -2.22. The van der Waals surface area contributed by atoms with Gasteiger partial charge in [-0.25, -0.2) is 0 Å². The molecule has 0 radical (unpaired) electrons. The third kappa shape index (κ3) is 5.46. The van der Waals surface area contributed by atoms with Crippen LogP contribution >= 0.6 is 0 Å². The van der Waals surface area contributed by atoms with Crippen molar-refractivity contribution in [2.45, 2.75) is 19.8 Å². The minimum atomic E-state index is 0.693. The largest absolute Gasteiger partial charge is 0.492 e. The van der Waals surface area contributed by atoms with Crippen molar-refractivity contribution in [1.29, 1.82) is 0 Å². The fraction of sp³-hybridized carbons (Fsp3) is 0.300. The number of rotatable bonds is 10. The Labute approximate surface area is 139 Å². The molecule has 0 aliphatic rings. The van der Waals surface area contributed by atoms with Gasteiger partial charge in [0.25, 0.3) is 0 Å². The number of nitrogens with one attached hydrogen (secondary N) is 2. The fourth-order valence-corrected chi connectivity index (χ4v) is 2.52. The number of aryl methyl sites for hydroxylation is 1. The van der Waals surface area contributed by atoms with Crippen molar-refractivity contribution in [3.05, 3.63) is 66.0 Å². The van der Waals surface area contributed by atoms with Crippen molar-refractivity contribution in [2.24, 2.45) is 0 Å². The summed E-state index contributed by atoms with van der Waals surface area (Å²) < 4.78 is 5.65. The van der Waals surface area contributed by atoms with Gasteiger partial charge in [0, 0.05) is 24.0 Å². The zero-order chi connectivity index (χ0) is 16.3. The van der Waals surface area contributed by atoms with Crippen molar-refractivity contribution < 1.29 is 4.74 Å². The minimum Gasteiger partial charge on any atom is -0.492 e. The Morgan fingerprint density at radius 2 is 2.04 bits per heavy atom. The van der Waals surface area contributed by atoms with Crippen LogP contribution in [0.3, 0.4) is 0 Å². The van der Waals surface area contributed by atoms with E-state index in [1.807, 2.05) is 43.3 Å². The van der Waals surface area contributed by atoms with Crippen molar-refractivity contribution in [3.63, 3.8) is 0 Å². The number of para-hydroxylation sites is 1. The van der Waals surface area contributed by atoms with E-state index in [-0.39, 0.29) is 0 Å². The number of aromatic nitrogens is 1. The molecule has 2 aromatic rings. The van der Waals surface area contributed by atoms with Gasteiger partial charge < -0.3 is 15.0 Å². The molecule has 0 bridgehead atoms.